The van der Waals surface area contributed by atoms with Crippen LogP contribution in [0.4, 0.5) is 0 Å². The summed E-state index contributed by atoms with van der Waals surface area (Å²) in [5.74, 6) is 1.49. The summed E-state index contributed by atoms with van der Waals surface area (Å²) in [5, 5.41) is 12.3. The standard InChI is InChI=1S/C12H14INO2S/c1-2-6-17-7-5-14-12(16)10-8-9(13)3-4-11(10)15/h2-4,8,15H,1,5-7H2,(H,14,16). The molecule has 0 saturated carbocycles. The number of phenols is 1. The van der Waals surface area contributed by atoms with Crippen LogP contribution in [0.1, 0.15) is 10.4 Å². The molecule has 92 valence electrons. The number of thioether (sulfide) groups is 1. The first kappa shape index (κ1) is 14.4. The van der Waals surface area contributed by atoms with Gasteiger partial charge in [0.15, 0.2) is 0 Å². The molecule has 0 aliphatic heterocycles. The highest BCUT2D eigenvalue weighted by molar-refractivity contribution is 14.1. The van der Waals surface area contributed by atoms with Gasteiger partial charge in [-0.2, -0.15) is 11.8 Å². The third-order valence-electron chi connectivity index (χ3n) is 1.97. The van der Waals surface area contributed by atoms with Crippen molar-refractivity contribution in [3.05, 3.63) is 40.0 Å². The first-order valence-corrected chi connectivity index (χ1v) is 7.34. The molecule has 1 aromatic carbocycles. The Morgan fingerprint density at radius 3 is 3.06 bits per heavy atom. The van der Waals surface area contributed by atoms with E-state index in [2.05, 4.69) is 34.5 Å². The third-order valence-corrected chi connectivity index (χ3v) is 3.61. The number of hydrogen-bond acceptors (Lipinski definition) is 3. The molecule has 2 N–H and O–H groups in total. The normalized spacial score (nSPS) is 9.94. The minimum atomic E-state index is -0.236. The average Bonchev–Trinajstić information content (AvgIpc) is 2.32. The Labute approximate surface area is 119 Å². The SMILES string of the molecule is C=CCSCCNC(=O)c1cc(I)ccc1O. The van der Waals surface area contributed by atoms with Crippen LogP contribution in [0.25, 0.3) is 0 Å². The predicted octanol–water partition coefficient (Wildman–Crippen LogP) is 2.65. The lowest BCUT2D eigenvalue weighted by Crippen LogP contribution is -2.25. The Balaban J connectivity index is 2.46. The Morgan fingerprint density at radius 1 is 1.59 bits per heavy atom. The van der Waals surface area contributed by atoms with E-state index in [1.807, 2.05) is 6.08 Å². The van der Waals surface area contributed by atoms with E-state index in [1.165, 1.54) is 6.07 Å². The van der Waals surface area contributed by atoms with E-state index in [9.17, 15) is 9.90 Å². The van der Waals surface area contributed by atoms with Crippen LogP contribution in [-0.2, 0) is 0 Å². The fraction of sp³-hybridized carbons (Fsp3) is 0.250. The van der Waals surface area contributed by atoms with Crippen molar-refractivity contribution >= 4 is 40.3 Å². The Bertz CT molecular complexity index is 409. The van der Waals surface area contributed by atoms with Gasteiger partial charge in [0.2, 0.25) is 0 Å². The van der Waals surface area contributed by atoms with E-state index < -0.39 is 0 Å². The molecule has 0 aromatic heterocycles. The summed E-state index contributed by atoms with van der Waals surface area (Å²) < 4.78 is 0.923. The van der Waals surface area contributed by atoms with Crippen LogP contribution in [0.15, 0.2) is 30.9 Å². The molecule has 0 spiro atoms. The summed E-state index contributed by atoms with van der Waals surface area (Å²) >= 11 is 3.81. The maximum absolute atomic E-state index is 11.7. The molecule has 1 rings (SSSR count). The molecule has 0 unspecified atom stereocenters. The number of halogens is 1. The van der Waals surface area contributed by atoms with Crippen LogP contribution in [0.3, 0.4) is 0 Å². The summed E-state index contributed by atoms with van der Waals surface area (Å²) in [6.45, 7) is 4.21. The molecule has 0 saturated heterocycles. The number of nitrogens with one attached hydrogen (secondary N) is 1. The van der Waals surface area contributed by atoms with Crippen LogP contribution in [0.5, 0.6) is 5.75 Å². The van der Waals surface area contributed by atoms with Crippen molar-refractivity contribution in [3.8, 4) is 5.75 Å². The number of aromatic hydroxyl groups is 1. The molecule has 1 amide bonds. The minimum Gasteiger partial charge on any atom is -0.507 e. The van der Waals surface area contributed by atoms with Crippen LogP contribution in [0, 0.1) is 3.57 Å². The molecule has 0 radical (unpaired) electrons. The van der Waals surface area contributed by atoms with Gasteiger partial charge in [0, 0.05) is 21.6 Å². The van der Waals surface area contributed by atoms with Crippen molar-refractivity contribution in [1.82, 2.24) is 5.32 Å². The van der Waals surface area contributed by atoms with E-state index in [4.69, 9.17) is 0 Å². The lowest BCUT2D eigenvalue weighted by atomic mass is 10.2. The zero-order valence-corrected chi connectivity index (χ0v) is 12.3. The zero-order valence-electron chi connectivity index (χ0n) is 9.28. The summed E-state index contributed by atoms with van der Waals surface area (Å²) in [5.41, 5.74) is 0.325. The average molecular weight is 363 g/mol. The number of carbonyl (C=O) groups is 1. The Hall–Kier alpha value is -0.690. The molecule has 0 heterocycles. The molecule has 17 heavy (non-hydrogen) atoms. The lowest BCUT2D eigenvalue weighted by Gasteiger charge is -2.06. The molecule has 0 bridgehead atoms. The van der Waals surface area contributed by atoms with Crippen LogP contribution in [0.2, 0.25) is 0 Å². The minimum absolute atomic E-state index is 0.0154. The topological polar surface area (TPSA) is 49.3 Å². The van der Waals surface area contributed by atoms with Gasteiger partial charge in [0.05, 0.1) is 5.56 Å². The highest BCUT2D eigenvalue weighted by Crippen LogP contribution is 2.19. The highest BCUT2D eigenvalue weighted by atomic mass is 127. The first-order chi connectivity index (χ1) is 8.15. The van der Waals surface area contributed by atoms with Gasteiger partial charge < -0.3 is 10.4 Å². The number of phenolic OH excluding ortho intramolecular Hbond substituents is 1. The maximum atomic E-state index is 11.7. The predicted molar refractivity (Wildman–Crippen MR) is 80.7 cm³/mol. The molecule has 0 aliphatic rings. The zero-order chi connectivity index (χ0) is 12.7. The Kier molecular flexibility index (Phi) is 6.43. The smallest absolute Gasteiger partial charge is 0.255 e. The fourth-order valence-corrected chi connectivity index (χ4v) is 2.26. The highest BCUT2D eigenvalue weighted by Gasteiger charge is 2.10. The van der Waals surface area contributed by atoms with Crippen molar-refractivity contribution < 1.29 is 9.90 Å². The van der Waals surface area contributed by atoms with Crippen LogP contribution < -0.4 is 5.32 Å². The molecule has 3 nitrogen and oxygen atoms in total. The number of benzene rings is 1. The van der Waals surface area contributed by atoms with Crippen molar-refractivity contribution in [2.45, 2.75) is 0 Å². The van der Waals surface area contributed by atoms with Crippen molar-refractivity contribution in [3.63, 3.8) is 0 Å². The van der Waals surface area contributed by atoms with Gasteiger partial charge in [-0.05, 0) is 40.8 Å². The van der Waals surface area contributed by atoms with E-state index in [-0.39, 0.29) is 11.7 Å². The van der Waals surface area contributed by atoms with Crippen molar-refractivity contribution in [2.24, 2.45) is 0 Å². The molecule has 5 heteroatoms. The number of carbonyl (C=O) groups excluding carboxylic acids is 1. The van der Waals surface area contributed by atoms with E-state index in [0.29, 0.717) is 12.1 Å². The summed E-state index contributed by atoms with van der Waals surface area (Å²) in [6.07, 6.45) is 1.83. The van der Waals surface area contributed by atoms with Gasteiger partial charge in [-0.25, -0.2) is 0 Å². The molecular formula is C12H14INO2S. The third kappa shape index (κ3) is 4.99. The fourth-order valence-electron chi connectivity index (χ4n) is 1.19. The van der Waals surface area contributed by atoms with Crippen molar-refractivity contribution in [1.29, 1.82) is 0 Å². The van der Waals surface area contributed by atoms with Gasteiger partial charge in [0.25, 0.3) is 5.91 Å². The quantitative estimate of drug-likeness (QED) is 0.464. The Morgan fingerprint density at radius 2 is 2.35 bits per heavy atom. The number of rotatable bonds is 6. The second-order valence-corrected chi connectivity index (χ2v) is 5.68. The lowest BCUT2D eigenvalue weighted by molar-refractivity contribution is 0.0953. The first-order valence-electron chi connectivity index (χ1n) is 5.10. The van der Waals surface area contributed by atoms with E-state index in [1.54, 1.807) is 23.9 Å². The summed E-state index contributed by atoms with van der Waals surface area (Å²) in [6, 6.07) is 4.96. The molecule has 0 atom stereocenters. The van der Waals surface area contributed by atoms with Crippen LogP contribution in [-0.4, -0.2) is 29.1 Å². The van der Waals surface area contributed by atoms with E-state index in [0.717, 1.165) is 15.1 Å². The molecule has 0 fully saturated rings. The second kappa shape index (κ2) is 7.60. The van der Waals surface area contributed by atoms with Gasteiger partial charge in [-0.3, -0.25) is 4.79 Å². The van der Waals surface area contributed by atoms with Gasteiger partial charge >= 0.3 is 0 Å². The van der Waals surface area contributed by atoms with Gasteiger partial charge in [-0.1, -0.05) is 6.08 Å². The monoisotopic (exact) mass is 363 g/mol. The van der Waals surface area contributed by atoms with Gasteiger partial charge in [-0.15, -0.1) is 6.58 Å². The molecular weight excluding hydrogens is 349 g/mol. The summed E-state index contributed by atoms with van der Waals surface area (Å²) in [7, 11) is 0. The molecule has 0 aliphatic carbocycles. The number of hydrogen-bond donors (Lipinski definition) is 2. The largest absolute Gasteiger partial charge is 0.507 e. The summed E-state index contributed by atoms with van der Waals surface area (Å²) in [4.78, 5) is 11.7. The van der Waals surface area contributed by atoms with E-state index >= 15 is 0 Å². The second-order valence-electron chi connectivity index (χ2n) is 3.28. The van der Waals surface area contributed by atoms with Crippen molar-refractivity contribution in [2.75, 3.05) is 18.1 Å². The van der Waals surface area contributed by atoms with Crippen LogP contribution >= 0.6 is 34.4 Å². The molecule has 1 aromatic rings. The van der Waals surface area contributed by atoms with Gasteiger partial charge in [0.1, 0.15) is 5.75 Å². The maximum Gasteiger partial charge on any atom is 0.255 e. The number of amides is 1.